The summed E-state index contributed by atoms with van der Waals surface area (Å²) in [6.07, 6.45) is -11.3. The van der Waals surface area contributed by atoms with Gasteiger partial charge >= 0.3 is 12.4 Å². The Morgan fingerprint density at radius 2 is 1.41 bits per heavy atom. The topological polar surface area (TPSA) is 46.2 Å². The number of sulfonamides is 1. The third-order valence-electron chi connectivity index (χ3n) is 2.67. The lowest BCUT2D eigenvalue weighted by Crippen LogP contribution is -2.51. The van der Waals surface area contributed by atoms with Crippen molar-refractivity contribution in [1.82, 2.24) is 4.72 Å². The average molecular weight is 370 g/mol. The highest BCUT2D eigenvalue weighted by molar-refractivity contribution is 7.89. The van der Waals surface area contributed by atoms with E-state index < -0.39 is 39.2 Å². The van der Waals surface area contributed by atoms with Crippen molar-refractivity contribution >= 4 is 21.6 Å². The van der Waals surface area contributed by atoms with Crippen LogP contribution in [0.25, 0.3) is 0 Å². The maximum atomic E-state index is 12.5. The maximum Gasteiger partial charge on any atom is 0.402 e. The van der Waals surface area contributed by atoms with Crippen LogP contribution in [0, 0.1) is 5.92 Å². The van der Waals surface area contributed by atoms with Crippen LogP contribution in [-0.2, 0) is 10.0 Å². The van der Waals surface area contributed by atoms with Crippen LogP contribution in [-0.4, -0.2) is 26.8 Å². The highest BCUT2D eigenvalue weighted by atomic mass is 35.5. The van der Waals surface area contributed by atoms with Gasteiger partial charge in [-0.3, -0.25) is 0 Å². The highest BCUT2D eigenvalue weighted by Crippen LogP contribution is 2.41. The van der Waals surface area contributed by atoms with Crippen molar-refractivity contribution in [1.29, 1.82) is 0 Å². The molecular weight excluding hydrogens is 360 g/mol. The van der Waals surface area contributed by atoms with Gasteiger partial charge in [0.05, 0.1) is 4.90 Å². The summed E-state index contributed by atoms with van der Waals surface area (Å²) in [5.74, 6) is -3.82. The van der Waals surface area contributed by atoms with Crippen LogP contribution in [0.4, 0.5) is 26.3 Å². The molecule has 1 atom stereocenters. The zero-order valence-electron chi connectivity index (χ0n) is 10.8. The van der Waals surface area contributed by atoms with E-state index >= 15 is 0 Å². The molecule has 1 N–H and O–H groups in total. The van der Waals surface area contributed by atoms with Crippen LogP contribution in [0.3, 0.4) is 0 Å². The van der Waals surface area contributed by atoms with E-state index in [0.717, 1.165) is 24.3 Å². The fourth-order valence-corrected chi connectivity index (χ4v) is 3.13. The minimum Gasteiger partial charge on any atom is -0.207 e. The molecule has 0 fully saturated rings. The second-order valence-corrected chi connectivity index (χ2v) is 6.58. The molecule has 0 unspecified atom stereocenters. The maximum absolute atomic E-state index is 12.5. The molecular formula is C11H10ClF6NO2S. The zero-order valence-corrected chi connectivity index (χ0v) is 12.4. The van der Waals surface area contributed by atoms with Gasteiger partial charge in [-0.1, -0.05) is 11.6 Å². The normalized spacial score (nSPS) is 15.1. The van der Waals surface area contributed by atoms with Crippen molar-refractivity contribution in [3.05, 3.63) is 29.3 Å². The van der Waals surface area contributed by atoms with E-state index in [2.05, 4.69) is 0 Å². The zero-order chi connectivity index (χ0) is 17.3. The Morgan fingerprint density at radius 3 is 1.77 bits per heavy atom. The number of hydrogen-bond acceptors (Lipinski definition) is 2. The van der Waals surface area contributed by atoms with Gasteiger partial charge in [0.25, 0.3) is 0 Å². The van der Waals surface area contributed by atoms with E-state index in [1.165, 1.54) is 4.72 Å². The molecule has 126 valence electrons. The fourth-order valence-electron chi connectivity index (χ4n) is 1.75. The van der Waals surface area contributed by atoms with E-state index in [1.54, 1.807) is 0 Å². The second-order valence-electron chi connectivity index (χ2n) is 4.42. The first-order valence-corrected chi connectivity index (χ1v) is 7.52. The second kappa shape index (κ2) is 6.25. The van der Waals surface area contributed by atoms with E-state index in [9.17, 15) is 34.8 Å². The minimum atomic E-state index is -5.64. The summed E-state index contributed by atoms with van der Waals surface area (Å²) in [6, 6.07) is 1.79. The Balaban J connectivity index is 3.08. The third kappa shape index (κ3) is 4.75. The van der Waals surface area contributed by atoms with Gasteiger partial charge < -0.3 is 0 Å². The Morgan fingerprint density at radius 1 is 1.00 bits per heavy atom. The van der Waals surface area contributed by atoms with E-state index in [0.29, 0.717) is 6.92 Å². The monoisotopic (exact) mass is 369 g/mol. The summed E-state index contributed by atoms with van der Waals surface area (Å²) in [4.78, 5) is -0.494. The van der Waals surface area contributed by atoms with Crippen molar-refractivity contribution < 1.29 is 34.8 Å². The Kier molecular flexibility index (Phi) is 5.41. The number of halogens is 7. The molecule has 22 heavy (non-hydrogen) atoms. The van der Waals surface area contributed by atoms with Gasteiger partial charge in [-0.25, -0.2) is 13.1 Å². The molecule has 0 bridgehead atoms. The molecule has 0 amide bonds. The van der Waals surface area contributed by atoms with Crippen molar-refractivity contribution in [2.45, 2.75) is 30.2 Å². The van der Waals surface area contributed by atoms with Gasteiger partial charge in [-0.2, -0.15) is 26.3 Å². The van der Waals surface area contributed by atoms with Crippen molar-refractivity contribution in [2.24, 2.45) is 5.92 Å². The molecule has 3 nitrogen and oxygen atoms in total. The van der Waals surface area contributed by atoms with Crippen molar-refractivity contribution in [3.63, 3.8) is 0 Å². The first-order valence-electron chi connectivity index (χ1n) is 5.66. The van der Waals surface area contributed by atoms with E-state index in [1.807, 2.05) is 0 Å². The Labute approximate surface area is 127 Å². The first-order chi connectivity index (χ1) is 9.75. The van der Waals surface area contributed by atoms with Crippen molar-refractivity contribution in [3.8, 4) is 0 Å². The summed E-state index contributed by atoms with van der Waals surface area (Å²) < 4.78 is 100. The summed E-state index contributed by atoms with van der Waals surface area (Å²) in [6.45, 7) is 0.499. The molecule has 0 spiro atoms. The molecule has 0 radical (unpaired) electrons. The summed E-state index contributed by atoms with van der Waals surface area (Å²) in [5.41, 5.74) is 0. The smallest absolute Gasteiger partial charge is 0.207 e. The lowest BCUT2D eigenvalue weighted by molar-refractivity contribution is -0.289. The van der Waals surface area contributed by atoms with Gasteiger partial charge in [0.15, 0.2) is 5.92 Å². The molecule has 0 aliphatic carbocycles. The van der Waals surface area contributed by atoms with Gasteiger partial charge in [-0.15, -0.1) is 0 Å². The number of nitrogens with one attached hydrogen (secondary N) is 1. The summed E-state index contributed by atoms with van der Waals surface area (Å²) in [7, 11) is -4.55. The van der Waals surface area contributed by atoms with Crippen molar-refractivity contribution in [2.75, 3.05) is 0 Å². The van der Waals surface area contributed by atoms with Crippen LogP contribution in [0.15, 0.2) is 29.2 Å². The standard InChI is InChI=1S/C11H10ClF6NO2S/c1-6(9(10(13,14)15)11(16,17)18)19-22(20,21)8-4-2-7(12)3-5-8/h2-6,9,19H,1H3/t6-/m1/s1. The average Bonchev–Trinajstić information content (AvgIpc) is 2.23. The van der Waals surface area contributed by atoms with Crippen LogP contribution in [0.2, 0.25) is 5.02 Å². The van der Waals surface area contributed by atoms with Gasteiger partial charge in [0.1, 0.15) is 0 Å². The van der Waals surface area contributed by atoms with Gasteiger partial charge in [-0.05, 0) is 31.2 Å². The quantitative estimate of drug-likeness (QED) is 0.822. The SMILES string of the molecule is C[C@@H](NS(=O)(=O)c1ccc(Cl)cc1)C(C(F)(F)F)C(F)(F)F. The van der Waals surface area contributed by atoms with E-state index in [4.69, 9.17) is 11.6 Å². The number of rotatable bonds is 4. The largest absolute Gasteiger partial charge is 0.402 e. The molecule has 0 aliphatic heterocycles. The molecule has 0 saturated heterocycles. The molecule has 0 heterocycles. The molecule has 1 aromatic rings. The number of alkyl halides is 6. The summed E-state index contributed by atoms with van der Waals surface area (Å²) >= 11 is 5.52. The Hall–Kier alpha value is -1.00. The van der Waals surface area contributed by atoms with Crippen LogP contribution in [0.5, 0.6) is 0 Å². The molecule has 1 rings (SSSR count). The molecule has 1 aromatic carbocycles. The fraction of sp³-hybridized carbons (Fsp3) is 0.455. The number of hydrogen-bond donors (Lipinski definition) is 1. The van der Waals surface area contributed by atoms with Crippen LogP contribution in [0.1, 0.15) is 6.92 Å². The van der Waals surface area contributed by atoms with E-state index in [-0.39, 0.29) is 5.02 Å². The highest BCUT2D eigenvalue weighted by Gasteiger charge is 2.59. The molecule has 11 heteroatoms. The molecule has 0 aromatic heterocycles. The molecule has 0 saturated carbocycles. The molecule has 0 aliphatic rings. The van der Waals surface area contributed by atoms with Crippen LogP contribution < -0.4 is 4.72 Å². The summed E-state index contributed by atoms with van der Waals surface area (Å²) in [5, 5.41) is 0.162. The van der Waals surface area contributed by atoms with Gasteiger partial charge in [0.2, 0.25) is 10.0 Å². The number of benzene rings is 1. The predicted octanol–water partition coefficient (Wildman–Crippen LogP) is 3.75. The lowest BCUT2D eigenvalue weighted by atomic mass is 10.0. The first kappa shape index (κ1) is 19.0. The third-order valence-corrected chi connectivity index (χ3v) is 4.50. The lowest BCUT2D eigenvalue weighted by Gasteiger charge is -2.28. The van der Waals surface area contributed by atoms with Gasteiger partial charge in [0, 0.05) is 11.1 Å². The Bertz CT molecular complexity index is 597. The predicted molar refractivity (Wildman–Crippen MR) is 66.8 cm³/mol. The minimum absolute atomic E-state index is 0.162. The van der Waals surface area contributed by atoms with Crippen LogP contribution >= 0.6 is 11.6 Å².